The Hall–Kier alpha value is -0.380. The van der Waals surface area contributed by atoms with E-state index in [-0.39, 0.29) is 0 Å². The van der Waals surface area contributed by atoms with Gasteiger partial charge in [-0.3, -0.25) is 9.19 Å². The van der Waals surface area contributed by atoms with E-state index >= 15 is 0 Å². The Balaban J connectivity index is 2.68. The van der Waals surface area contributed by atoms with Crippen LogP contribution in [-0.4, -0.2) is 14.9 Å². The molecule has 0 aliphatic heterocycles. The van der Waals surface area contributed by atoms with E-state index in [0.29, 0.717) is 27.2 Å². The molecule has 5 heteroatoms. The molecule has 0 saturated carbocycles. The summed E-state index contributed by atoms with van der Waals surface area (Å²) in [6, 6.07) is 1.61. The third-order valence-electron chi connectivity index (χ3n) is 1.70. The van der Waals surface area contributed by atoms with Crippen molar-refractivity contribution in [1.29, 1.82) is 0 Å². The molecule has 1 aromatic rings. The summed E-state index contributed by atoms with van der Waals surface area (Å²) in [4.78, 5) is 4.04. The van der Waals surface area contributed by atoms with Crippen LogP contribution in [0.15, 0.2) is 24.4 Å². The molecule has 1 atom stereocenters. The number of pyridine rings is 1. The molecular formula is C10H11Cl2NOS. The molecule has 0 saturated heterocycles. The number of allylic oxidation sites excluding steroid dienone is 1. The molecule has 0 aromatic carbocycles. The van der Waals surface area contributed by atoms with Crippen molar-refractivity contribution in [2.45, 2.75) is 12.7 Å². The van der Waals surface area contributed by atoms with E-state index in [0.717, 1.165) is 0 Å². The first-order valence-electron chi connectivity index (χ1n) is 4.39. The fourth-order valence-electron chi connectivity index (χ4n) is 0.964. The Kier molecular flexibility index (Phi) is 5.29. The van der Waals surface area contributed by atoms with Crippen LogP contribution in [0.3, 0.4) is 0 Å². The van der Waals surface area contributed by atoms with Crippen LogP contribution in [0, 0.1) is 0 Å². The lowest BCUT2D eigenvalue weighted by molar-refractivity contribution is 0.684. The molecule has 0 aliphatic carbocycles. The average Bonchev–Trinajstić information content (AvgIpc) is 2.19. The summed E-state index contributed by atoms with van der Waals surface area (Å²) in [5.41, 5.74) is 0.629. The second kappa shape index (κ2) is 6.26. The SMILES string of the molecule is CC=CCS(=O)Cc1ncc(Cl)cc1Cl. The number of hydrogen-bond donors (Lipinski definition) is 0. The predicted octanol–water partition coefficient (Wildman–Crippen LogP) is 3.21. The van der Waals surface area contributed by atoms with Gasteiger partial charge in [-0.1, -0.05) is 35.4 Å². The fraction of sp³-hybridized carbons (Fsp3) is 0.300. The molecule has 0 amide bonds. The lowest BCUT2D eigenvalue weighted by Crippen LogP contribution is -2.01. The van der Waals surface area contributed by atoms with Gasteiger partial charge in [0.25, 0.3) is 0 Å². The van der Waals surface area contributed by atoms with E-state index in [1.165, 1.54) is 6.20 Å². The van der Waals surface area contributed by atoms with Gasteiger partial charge in [0.05, 0.1) is 21.5 Å². The predicted molar refractivity (Wildman–Crippen MR) is 65.8 cm³/mol. The standard InChI is InChI=1S/C10H11Cl2NOS/c1-2-3-4-15(14)7-10-9(12)5-8(11)6-13-10/h2-3,5-6H,4,7H2,1H3. The van der Waals surface area contributed by atoms with Crippen LogP contribution in [0.5, 0.6) is 0 Å². The van der Waals surface area contributed by atoms with Gasteiger partial charge in [-0.2, -0.15) is 0 Å². The number of halogens is 2. The minimum atomic E-state index is -0.965. The molecular weight excluding hydrogens is 253 g/mol. The van der Waals surface area contributed by atoms with Crippen molar-refractivity contribution in [1.82, 2.24) is 4.98 Å². The molecule has 1 heterocycles. The van der Waals surface area contributed by atoms with E-state index in [4.69, 9.17) is 23.2 Å². The Labute approximate surface area is 102 Å². The first-order chi connectivity index (χ1) is 7.13. The zero-order chi connectivity index (χ0) is 11.3. The van der Waals surface area contributed by atoms with E-state index in [2.05, 4.69) is 4.98 Å². The first kappa shape index (κ1) is 12.7. The average molecular weight is 264 g/mol. The van der Waals surface area contributed by atoms with Gasteiger partial charge in [-0.05, 0) is 13.0 Å². The van der Waals surface area contributed by atoms with Crippen LogP contribution in [0.4, 0.5) is 0 Å². The lowest BCUT2D eigenvalue weighted by Gasteiger charge is -2.02. The molecule has 0 fully saturated rings. The van der Waals surface area contributed by atoms with Crippen molar-refractivity contribution in [3.8, 4) is 0 Å². The molecule has 1 rings (SSSR count). The molecule has 0 spiro atoms. The van der Waals surface area contributed by atoms with Crippen molar-refractivity contribution in [2.24, 2.45) is 0 Å². The summed E-state index contributed by atoms with van der Waals surface area (Å²) in [5.74, 6) is 0.886. The molecule has 1 aromatic heterocycles. The van der Waals surface area contributed by atoms with Gasteiger partial charge in [-0.25, -0.2) is 0 Å². The molecule has 15 heavy (non-hydrogen) atoms. The third-order valence-corrected chi connectivity index (χ3v) is 3.39. The molecule has 0 bridgehead atoms. The summed E-state index contributed by atoms with van der Waals surface area (Å²) in [5, 5.41) is 0.958. The van der Waals surface area contributed by atoms with Gasteiger partial charge >= 0.3 is 0 Å². The largest absolute Gasteiger partial charge is 0.259 e. The molecule has 1 unspecified atom stereocenters. The Bertz CT molecular complexity index is 393. The van der Waals surface area contributed by atoms with Gasteiger partial charge in [0.15, 0.2) is 0 Å². The zero-order valence-electron chi connectivity index (χ0n) is 8.24. The molecule has 0 aliphatic rings. The van der Waals surface area contributed by atoms with Gasteiger partial charge in [0, 0.05) is 22.7 Å². The lowest BCUT2D eigenvalue weighted by atomic mass is 10.4. The van der Waals surface area contributed by atoms with Crippen LogP contribution in [0.25, 0.3) is 0 Å². The van der Waals surface area contributed by atoms with Gasteiger partial charge in [0.2, 0.25) is 0 Å². The maximum absolute atomic E-state index is 11.5. The maximum atomic E-state index is 11.5. The van der Waals surface area contributed by atoms with Crippen LogP contribution in [0.1, 0.15) is 12.6 Å². The summed E-state index contributed by atoms with van der Waals surface area (Å²) in [7, 11) is -0.965. The minimum absolute atomic E-state index is 0.361. The topological polar surface area (TPSA) is 30.0 Å². The normalized spacial score (nSPS) is 13.3. The van der Waals surface area contributed by atoms with Gasteiger partial charge in [-0.15, -0.1) is 0 Å². The van der Waals surface area contributed by atoms with E-state index in [9.17, 15) is 4.21 Å². The number of hydrogen-bond acceptors (Lipinski definition) is 2. The monoisotopic (exact) mass is 263 g/mol. The highest BCUT2D eigenvalue weighted by Crippen LogP contribution is 2.19. The maximum Gasteiger partial charge on any atom is 0.0715 e. The van der Waals surface area contributed by atoms with Crippen LogP contribution < -0.4 is 0 Å². The molecule has 82 valence electrons. The smallest absolute Gasteiger partial charge is 0.0715 e. The Morgan fingerprint density at radius 3 is 2.87 bits per heavy atom. The van der Waals surface area contributed by atoms with Crippen molar-refractivity contribution in [2.75, 3.05) is 5.75 Å². The Morgan fingerprint density at radius 1 is 1.53 bits per heavy atom. The van der Waals surface area contributed by atoms with Crippen molar-refractivity contribution < 1.29 is 4.21 Å². The highest BCUT2D eigenvalue weighted by atomic mass is 35.5. The van der Waals surface area contributed by atoms with Gasteiger partial charge < -0.3 is 0 Å². The van der Waals surface area contributed by atoms with E-state index < -0.39 is 10.8 Å². The second-order valence-corrected chi connectivity index (χ2v) is 5.25. The van der Waals surface area contributed by atoms with Crippen molar-refractivity contribution in [3.05, 3.63) is 40.2 Å². The van der Waals surface area contributed by atoms with Crippen molar-refractivity contribution in [3.63, 3.8) is 0 Å². The number of rotatable bonds is 4. The summed E-state index contributed by atoms with van der Waals surface area (Å²) >= 11 is 11.6. The molecule has 0 N–H and O–H groups in total. The van der Waals surface area contributed by atoms with Crippen LogP contribution in [0.2, 0.25) is 10.0 Å². The third kappa shape index (κ3) is 4.33. The van der Waals surface area contributed by atoms with Crippen LogP contribution in [-0.2, 0) is 16.6 Å². The number of aromatic nitrogens is 1. The zero-order valence-corrected chi connectivity index (χ0v) is 10.6. The van der Waals surface area contributed by atoms with Crippen LogP contribution >= 0.6 is 23.2 Å². The summed E-state index contributed by atoms with van der Waals surface area (Å²) in [6.45, 7) is 1.89. The first-order valence-corrected chi connectivity index (χ1v) is 6.64. The highest BCUT2D eigenvalue weighted by Gasteiger charge is 2.06. The number of nitrogens with zero attached hydrogens (tertiary/aromatic N) is 1. The van der Waals surface area contributed by atoms with E-state index in [1.807, 2.05) is 19.1 Å². The fourth-order valence-corrected chi connectivity index (χ4v) is 2.55. The van der Waals surface area contributed by atoms with Crippen molar-refractivity contribution >= 4 is 34.0 Å². The summed E-state index contributed by atoms with van der Waals surface area (Å²) < 4.78 is 11.5. The minimum Gasteiger partial charge on any atom is -0.259 e. The van der Waals surface area contributed by atoms with Gasteiger partial charge in [0.1, 0.15) is 0 Å². The highest BCUT2D eigenvalue weighted by molar-refractivity contribution is 7.84. The van der Waals surface area contributed by atoms with E-state index in [1.54, 1.807) is 6.07 Å². The molecule has 0 radical (unpaired) electrons. The molecule has 2 nitrogen and oxygen atoms in total. The quantitative estimate of drug-likeness (QED) is 0.781. The summed E-state index contributed by atoms with van der Waals surface area (Å²) in [6.07, 6.45) is 5.24. The Morgan fingerprint density at radius 2 is 2.27 bits per heavy atom. The second-order valence-electron chi connectivity index (χ2n) is 2.90.